The third-order valence-corrected chi connectivity index (χ3v) is 4.06. The van der Waals surface area contributed by atoms with Gasteiger partial charge in [-0.15, -0.1) is 0 Å². The summed E-state index contributed by atoms with van der Waals surface area (Å²) < 4.78 is 7.68. The predicted molar refractivity (Wildman–Crippen MR) is 95.4 cm³/mol. The number of hydrogen-bond acceptors (Lipinski definition) is 4. The maximum atomic E-state index is 11.9. The van der Waals surface area contributed by atoms with Crippen LogP contribution in [0, 0.1) is 0 Å². The number of amides is 1. The number of nitrogens with one attached hydrogen (secondary N) is 1. The summed E-state index contributed by atoms with van der Waals surface area (Å²) in [5.41, 5.74) is 3.58. The van der Waals surface area contributed by atoms with E-state index in [-0.39, 0.29) is 5.91 Å². The van der Waals surface area contributed by atoms with E-state index in [0.717, 1.165) is 19.0 Å². The van der Waals surface area contributed by atoms with E-state index in [1.165, 1.54) is 12.4 Å². The lowest BCUT2D eigenvalue weighted by atomic mass is 10.2. The number of hydrazone groups is 1. The van der Waals surface area contributed by atoms with Crippen molar-refractivity contribution in [1.82, 2.24) is 10.4 Å². The molecule has 22 heavy (non-hydrogen) atoms. The van der Waals surface area contributed by atoms with Crippen molar-refractivity contribution in [3.63, 3.8) is 0 Å². The van der Waals surface area contributed by atoms with Crippen LogP contribution >= 0.6 is 47.8 Å². The first kappa shape index (κ1) is 17.1. The van der Waals surface area contributed by atoms with E-state index < -0.39 is 0 Å². The number of ether oxygens (including phenoxy) is 1. The van der Waals surface area contributed by atoms with Crippen LogP contribution in [0.25, 0.3) is 0 Å². The number of nitrogens with zero attached hydrogens (tertiary/aromatic N) is 2. The van der Waals surface area contributed by atoms with Gasteiger partial charge in [-0.2, -0.15) is 5.10 Å². The Hall–Kier alpha value is -1.25. The van der Waals surface area contributed by atoms with Gasteiger partial charge in [-0.3, -0.25) is 9.78 Å². The lowest BCUT2D eigenvalue weighted by Gasteiger charge is -2.07. The van der Waals surface area contributed by atoms with Crippen LogP contribution < -0.4 is 10.2 Å². The molecule has 5 nitrogen and oxygen atoms in total. The molecule has 0 bridgehead atoms. The lowest BCUT2D eigenvalue weighted by molar-refractivity contribution is 0.0954. The lowest BCUT2D eigenvalue weighted by Crippen LogP contribution is -2.17. The summed E-state index contributed by atoms with van der Waals surface area (Å²) in [7, 11) is 1.57. The van der Waals surface area contributed by atoms with E-state index in [1.54, 1.807) is 19.4 Å². The number of aromatic nitrogens is 1. The topological polar surface area (TPSA) is 63.6 Å². The molecule has 0 fully saturated rings. The van der Waals surface area contributed by atoms with E-state index in [2.05, 4.69) is 63.3 Å². The number of methoxy groups -OCH3 is 1. The number of benzene rings is 1. The standard InChI is InChI=1S/C14H10Br3N3O2/c1-22-13-8(2-10(15)4-12(13)17)6-19-20-14(21)9-3-11(16)7-18-5-9/h2-7H,1H3,(H,20,21)/b19-6+. The van der Waals surface area contributed by atoms with Gasteiger partial charge in [-0.05, 0) is 50.1 Å². The highest BCUT2D eigenvalue weighted by molar-refractivity contribution is 9.11. The van der Waals surface area contributed by atoms with Crippen LogP contribution in [0.5, 0.6) is 5.75 Å². The van der Waals surface area contributed by atoms with Crippen LogP contribution in [0.3, 0.4) is 0 Å². The largest absolute Gasteiger partial charge is 0.495 e. The second-order valence-corrected chi connectivity index (χ2v) is 6.79. The van der Waals surface area contributed by atoms with E-state index in [1.807, 2.05) is 12.1 Å². The van der Waals surface area contributed by atoms with Crippen LogP contribution in [0.2, 0.25) is 0 Å². The van der Waals surface area contributed by atoms with Gasteiger partial charge in [-0.25, -0.2) is 5.43 Å². The number of carbonyl (C=O) groups excluding carboxylic acids is 1. The summed E-state index contributed by atoms with van der Waals surface area (Å²) in [4.78, 5) is 15.9. The highest BCUT2D eigenvalue weighted by atomic mass is 79.9. The van der Waals surface area contributed by atoms with Crippen molar-refractivity contribution in [1.29, 1.82) is 0 Å². The van der Waals surface area contributed by atoms with Crippen LogP contribution in [0.15, 0.2) is 49.1 Å². The normalized spacial score (nSPS) is 10.7. The smallest absolute Gasteiger partial charge is 0.272 e. The molecule has 1 heterocycles. The van der Waals surface area contributed by atoms with Crippen molar-refractivity contribution < 1.29 is 9.53 Å². The van der Waals surface area contributed by atoms with Crippen molar-refractivity contribution in [2.75, 3.05) is 7.11 Å². The van der Waals surface area contributed by atoms with Gasteiger partial charge >= 0.3 is 0 Å². The fourth-order valence-corrected chi connectivity index (χ4v) is 3.44. The Labute approximate surface area is 152 Å². The molecule has 0 atom stereocenters. The first-order chi connectivity index (χ1) is 10.5. The highest BCUT2D eigenvalue weighted by Crippen LogP contribution is 2.31. The molecule has 1 amide bonds. The Balaban J connectivity index is 2.14. The molecule has 0 saturated heterocycles. The van der Waals surface area contributed by atoms with Gasteiger partial charge in [0.1, 0.15) is 5.75 Å². The molecule has 0 radical (unpaired) electrons. The van der Waals surface area contributed by atoms with Crippen molar-refractivity contribution in [2.24, 2.45) is 5.10 Å². The molecule has 1 aromatic carbocycles. The van der Waals surface area contributed by atoms with Crippen molar-refractivity contribution >= 4 is 59.9 Å². The third-order valence-electron chi connectivity index (χ3n) is 2.58. The zero-order chi connectivity index (χ0) is 16.1. The Bertz CT molecular complexity index is 735. The molecule has 2 aromatic rings. The van der Waals surface area contributed by atoms with Gasteiger partial charge in [0.25, 0.3) is 5.91 Å². The van der Waals surface area contributed by atoms with Gasteiger partial charge < -0.3 is 4.74 Å². The first-order valence-corrected chi connectivity index (χ1v) is 8.36. The minimum Gasteiger partial charge on any atom is -0.495 e. The maximum absolute atomic E-state index is 11.9. The zero-order valence-electron chi connectivity index (χ0n) is 11.3. The van der Waals surface area contributed by atoms with Crippen LogP contribution in [0.1, 0.15) is 15.9 Å². The fraction of sp³-hybridized carbons (Fsp3) is 0.0714. The van der Waals surface area contributed by atoms with Crippen molar-refractivity contribution in [3.8, 4) is 5.75 Å². The summed E-state index contributed by atoms with van der Waals surface area (Å²) >= 11 is 10.1. The number of halogens is 3. The van der Waals surface area contributed by atoms with Gasteiger partial charge in [0.15, 0.2) is 0 Å². The highest BCUT2D eigenvalue weighted by Gasteiger charge is 2.08. The van der Waals surface area contributed by atoms with E-state index in [4.69, 9.17) is 4.74 Å². The van der Waals surface area contributed by atoms with E-state index >= 15 is 0 Å². The Morgan fingerprint density at radius 3 is 2.68 bits per heavy atom. The molecule has 0 saturated carbocycles. The fourth-order valence-electron chi connectivity index (χ4n) is 1.65. The summed E-state index contributed by atoms with van der Waals surface area (Å²) in [6.45, 7) is 0. The summed E-state index contributed by atoms with van der Waals surface area (Å²) in [6.07, 6.45) is 4.58. The Kier molecular flexibility index (Phi) is 6.10. The molecule has 2 rings (SSSR count). The first-order valence-electron chi connectivity index (χ1n) is 5.98. The van der Waals surface area contributed by atoms with Gasteiger partial charge in [0.05, 0.1) is 23.4 Å². The monoisotopic (exact) mass is 489 g/mol. The van der Waals surface area contributed by atoms with Crippen molar-refractivity contribution in [2.45, 2.75) is 0 Å². The SMILES string of the molecule is COc1c(Br)cc(Br)cc1/C=N/NC(=O)c1cncc(Br)c1. The van der Waals surface area contributed by atoms with E-state index in [0.29, 0.717) is 11.3 Å². The summed E-state index contributed by atoms with van der Waals surface area (Å²) in [5.74, 6) is 0.281. The molecular formula is C14H10Br3N3O2. The zero-order valence-corrected chi connectivity index (χ0v) is 16.1. The quantitative estimate of drug-likeness (QED) is 0.516. The van der Waals surface area contributed by atoms with Gasteiger partial charge in [0, 0.05) is 26.9 Å². The Morgan fingerprint density at radius 2 is 2.00 bits per heavy atom. The number of carbonyl (C=O) groups is 1. The molecular weight excluding hydrogens is 482 g/mol. The second kappa shape index (κ2) is 7.85. The molecule has 0 unspecified atom stereocenters. The van der Waals surface area contributed by atoms with Gasteiger partial charge in [-0.1, -0.05) is 15.9 Å². The molecule has 0 aliphatic carbocycles. The minimum absolute atomic E-state index is 0.349. The molecule has 0 spiro atoms. The average Bonchev–Trinajstić information content (AvgIpc) is 2.46. The van der Waals surface area contributed by atoms with Crippen molar-refractivity contribution in [3.05, 3.63) is 55.1 Å². The average molecular weight is 492 g/mol. The molecule has 1 aromatic heterocycles. The van der Waals surface area contributed by atoms with Crippen LogP contribution in [-0.4, -0.2) is 24.2 Å². The molecule has 114 valence electrons. The number of hydrogen-bond donors (Lipinski definition) is 1. The Morgan fingerprint density at radius 1 is 1.23 bits per heavy atom. The number of pyridine rings is 1. The summed E-state index contributed by atoms with van der Waals surface area (Å²) in [6, 6.07) is 5.36. The third kappa shape index (κ3) is 4.37. The summed E-state index contributed by atoms with van der Waals surface area (Å²) in [5, 5.41) is 3.95. The minimum atomic E-state index is -0.349. The second-order valence-electron chi connectivity index (χ2n) is 4.10. The maximum Gasteiger partial charge on any atom is 0.272 e. The van der Waals surface area contributed by atoms with Gasteiger partial charge in [0.2, 0.25) is 0 Å². The van der Waals surface area contributed by atoms with Crippen LogP contribution in [-0.2, 0) is 0 Å². The number of rotatable bonds is 4. The molecule has 0 aliphatic rings. The molecule has 8 heteroatoms. The molecule has 0 aliphatic heterocycles. The predicted octanol–water partition coefficient (Wildman–Crippen LogP) is 4.14. The molecule has 1 N–H and O–H groups in total. The van der Waals surface area contributed by atoms with Crippen LogP contribution in [0.4, 0.5) is 0 Å². The van der Waals surface area contributed by atoms with E-state index in [9.17, 15) is 4.79 Å².